The zero-order chi connectivity index (χ0) is 25.4. The summed E-state index contributed by atoms with van der Waals surface area (Å²) in [5.41, 5.74) is 1.47. The quantitative estimate of drug-likeness (QED) is 0.312. The third-order valence-corrected chi connectivity index (χ3v) is 4.62. The van der Waals surface area contributed by atoms with Crippen molar-refractivity contribution < 1.29 is 30.6 Å². The summed E-state index contributed by atoms with van der Waals surface area (Å²) in [6.45, 7) is 12.6. The van der Waals surface area contributed by atoms with Gasteiger partial charge < -0.3 is 41.3 Å². The van der Waals surface area contributed by atoms with Gasteiger partial charge in [0.05, 0.1) is 18.8 Å². The third-order valence-electron chi connectivity index (χ3n) is 4.62. The fraction of sp³-hybridized carbons (Fsp3) is 0.520. The summed E-state index contributed by atoms with van der Waals surface area (Å²) in [6.07, 6.45) is -1.41. The Hall–Kier alpha value is -2.36. The number of hydrogen-bond acceptors (Lipinski definition) is 8. The number of β-amino-alcohol motifs (C(OH)–C–C–N with tert-alkyl or cyclic N) is 2. The number of rotatable bonds is 7. The zero-order valence-corrected chi connectivity index (χ0v) is 20.4. The second-order valence-electron chi connectivity index (χ2n) is 10.1. The van der Waals surface area contributed by atoms with Gasteiger partial charge in [-0.3, -0.25) is 0 Å². The van der Waals surface area contributed by atoms with Gasteiger partial charge in [0, 0.05) is 35.8 Å². The lowest BCUT2D eigenvalue weighted by molar-refractivity contribution is 0.162. The Labute approximate surface area is 196 Å². The van der Waals surface area contributed by atoms with Crippen LogP contribution in [-0.4, -0.2) is 54.8 Å². The van der Waals surface area contributed by atoms with Crippen LogP contribution >= 0.6 is 0 Å². The van der Waals surface area contributed by atoms with Crippen LogP contribution < -0.4 is 10.6 Å². The second-order valence-corrected chi connectivity index (χ2v) is 10.1. The molecule has 2 aromatic rings. The molecule has 8 N–H and O–H groups in total. The van der Waals surface area contributed by atoms with E-state index >= 15 is 0 Å². The molecule has 2 unspecified atom stereocenters. The molecule has 0 radical (unpaired) electrons. The van der Waals surface area contributed by atoms with Crippen molar-refractivity contribution in [3.05, 3.63) is 53.1 Å². The minimum atomic E-state index is -0.753. The van der Waals surface area contributed by atoms with E-state index in [0.717, 1.165) is 0 Å². The van der Waals surface area contributed by atoms with Crippen molar-refractivity contribution in [2.75, 3.05) is 13.1 Å². The van der Waals surface area contributed by atoms with Crippen molar-refractivity contribution in [2.45, 2.75) is 71.4 Å². The largest absolute Gasteiger partial charge is 0.508 e. The molecule has 2 atom stereocenters. The van der Waals surface area contributed by atoms with Crippen molar-refractivity contribution in [1.29, 1.82) is 0 Å². The number of aliphatic hydroxyl groups excluding tert-OH is 3. The summed E-state index contributed by atoms with van der Waals surface area (Å²) in [4.78, 5) is 0. The van der Waals surface area contributed by atoms with Crippen LogP contribution in [0.1, 0.15) is 70.4 Å². The highest BCUT2D eigenvalue weighted by molar-refractivity contribution is 5.38. The number of nitrogens with one attached hydrogen (secondary N) is 2. The Bertz CT molecular complexity index is 854. The molecule has 0 heterocycles. The Kier molecular flexibility index (Phi) is 10.6. The van der Waals surface area contributed by atoms with Gasteiger partial charge >= 0.3 is 0 Å². The monoisotopic (exact) mass is 464 g/mol. The minimum Gasteiger partial charge on any atom is -0.508 e. The van der Waals surface area contributed by atoms with Crippen molar-refractivity contribution in [3.8, 4) is 17.2 Å². The van der Waals surface area contributed by atoms with E-state index in [1.54, 1.807) is 12.1 Å². The normalized spacial score (nSPS) is 13.7. The van der Waals surface area contributed by atoms with Gasteiger partial charge in [-0.05, 0) is 76.9 Å². The van der Waals surface area contributed by atoms with Gasteiger partial charge in [-0.2, -0.15) is 0 Å². The number of aliphatic hydroxyl groups is 3. The van der Waals surface area contributed by atoms with Crippen LogP contribution in [-0.2, 0) is 6.61 Å². The van der Waals surface area contributed by atoms with E-state index in [0.29, 0.717) is 29.8 Å². The molecule has 0 spiro atoms. The fourth-order valence-electron chi connectivity index (χ4n) is 2.79. The maximum absolute atomic E-state index is 9.97. The first-order valence-electron chi connectivity index (χ1n) is 10.9. The topological polar surface area (TPSA) is 145 Å². The van der Waals surface area contributed by atoms with Crippen LogP contribution in [0, 0.1) is 0 Å². The molecule has 186 valence electrons. The van der Waals surface area contributed by atoms with Gasteiger partial charge in [0.1, 0.15) is 17.2 Å². The van der Waals surface area contributed by atoms with E-state index in [4.69, 9.17) is 5.11 Å². The average molecular weight is 465 g/mol. The summed E-state index contributed by atoms with van der Waals surface area (Å²) < 4.78 is 0. The van der Waals surface area contributed by atoms with E-state index in [1.807, 2.05) is 41.5 Å². The molecule has 0 saturated heterocycles. The molecule has 0 aliphatic carbocycles. The van der Waals surface area contributed by atoms with E-state index in [1.165, 1.54) is 24.3 Å². The highest BCUT2D eigenvalue weighted by Crippen LogP contribution is 2.25. The summed E-state index contributed by atoms with van der Waals surface area (Å²) in [5.74, 6) is -0.0538. The Morgan fingerprint density at radius 3 is 1.58 bits per heavy atom. The molecule has 0 fully saturated rings. The SMILES string of the molecule is CC(C)(C)NCC(O)c1cc(O)cc(O)c1.CC(C)(C)NCC(O)c1ccc(O)c(CO)c1. The highest BCUT2D eigenvalue weighted by atomic mass is 16.3. The van der Waals surface area contributed by atoms with Crippen molar-refractivity contribution in [2.24, 2.45) is 0 Å². The molecule has 2 rings (SSSR count). The molecule has 0 amide bonds. The standard InChI is InChI=1S/C13H21NO3.C12H19NO3/c1-13(2,3)14-7-12(17)9-4-5-11(16)10(6-9)8-15;1-12(2,3)13-7-11(16)8-4-9(14)6-10(15)5-8/h4-6,12,14-17H,7-8H2,1-3H3;4-6,11,13-16H,7H2,1-3H3. The lowest BCUT2D eigenvalue weighted by atomic mass is 10.0. The third kappa shape index (κ3) is 11.4. The lowest BCUT2D eigenvalue weighted by Gasteiger charge is -2.23. The number of phenols is 3. The average Bonchev–Trinajstić information content (AvgIpc) is 2.69. The van der Waals surface area contributed by atoms with Gasteiger partial charge in [0.15, 0.2) is 0 Å². The molecule has 8 heteroatoms. The van der Waals surface area contributed by atoms with Crippen molar-refractivity contribution >= 4 is 0 Å². The number of hydrogen-bond donors (Lipinski definition) is 8. The highest BCUT2D eigenvalue weighted by Gasteiger charge is 2.15. The molecule has 0 bridgehead atoms. The summed E-state index contributed by atoms with van der Waals surface area (Å²) in [5, 5.41) is 63.2. The van der Waals surface area contributed by atoms with Crippen LogP contribution in [0.25, 0.3) is 0 Å². The van der Waals surface area contributed by atoms with Crippen LogP contribution in [0.5, 0.6) is 17.2 Å². The van der Waals surface area contributed by atoms with Crippen LogP contribution in [0.2, 0.25) is 0 Å². The molecule has 0 saturated carbocycles. The predicted molar refractivity (Wildman–Crippen MR) is 129 cm³/mol. The Balaban J connectivity index is 0.000000331. The number of phenolic OH excluding ortho intramolecular Hbond substituents is 2. The van der Waals surface area contributed by atoms with Crippen molar-refractivity contribution in [1.82, 2.24) is 10.6 Å². The van der Waals surface area contributed by atoms with Gasteiger partial charge in [0.2, 0.25) is 0 Å². The van der Waals surface area contributed by atoms with Gasteiger partial charge in [-0.15, -0.1) is 0 Å². The van der Waals surface area contributed by atoms with E-state index in [2.05, 4.69) is 10.6 Å². The lowest BCUT2D eigenvalue weighted by Crippen LogP contribution is -2.38. The molecule has 0 aliphatic rings. The molecule has 0 aromatic heterocycles. The predicted octanol–water partition coefficient (Wildman–Crippen LogP) is 2.83. The van der Waals surface area contributed by atoms with Gasteiger partial charge in [0.25, 0.3) is 0 Å². The Morgan fingerprint density at radius 2 is 1.15 bits per heavy atom. The maximum atomic E-state index is 9.97. The fourth-order valence-corrected chi connectivity index (χ4v) is 2.79. The van der Waals surface area contributed by atoms with Crippen molar-refractivity contribution in [3.63, 3.8) is 0 Å². The minimum absolute atomic E-state index is 0.0484. The smallest absolute Gasteiger partial charge is 0.121 e. The summed E-state index contributed by atoms with van der Waals surface area (Å²) in [7, 11) is 0. The molecule has 2 aromatic carbocycles. The first-order valence-corrected chi connectivity index (χ1v) is 10.9. The molecule has 0 aliphatic heterocycles. The second kappa shape index (κ2) is 12.2. The maximum Gasteiger partial charge on any atom is 0.121 e. The van der Waals surface area contributed by atoms with E-state index < -0.39 is 12.2 Å². The summed E-state index contributed by atoms with van der Waals surface area (Å²) in [6, 6.07) is 8.87. The first-order chi connectivity index (χ1) is 15.1. The van der Waals surface area contributed by atoms with E-state index in [9.17, 15) is 25.5 Å². The van der Waals surface area contributed by atoms with Crippen LogP contribution in [0.3, 0.4) is 0 Å². The number of aromatic hydroxyl groups is 3. The molecular weight excluding hydrogens is 424 g/mol. The molecule has 8 nitrogen and oxygen atoms in total. The summed E-state index contributed by atoms with van der Waals surface area (Å²) >= 11 is 0. The van der Waals surface area contributed by atoms with Crippen LogP contribution in [0.15, 0.2) is 36.4 Å². The molecular formula is C25H40N2O6. The first kappa shape index (κ1) is 28.7. The van der Waals surface area contributed by atoms with Gasteiger partial charge in [-0.1, -0.05) is 6.07 Å². The van der Waals surface area contributed by atoms with E-state index in [-0.39, 0.29) is 34.9 Å². The molecule has 33 heavy (non-hydrogen) atoms. The van der Waals surface area contributed by atoms with Crippen LogP contribution in [0.4, 0.5) is 0 Å². The van der Waals surface area contributed by atoms with Gasteiger partial charge in [-0.25, -0.2) is 0 Å². The Morgan fingerprint density at radius 1 is 0.697 bits per heavy atom. The zero-order valence-electron chi connectivity index (χ0n) is 20.4. The number of benzene rings is 2.